The lowest BCUT2D eigenvalue weighted by Gasteiger charge is -2.15. The Morgan fingerprint density at radius 2 is 1.70 bits per heavy atom. The van der Waals surface area contributed by atoms with Crippen molar-refractivity contribution in [3.05, 3.63) is 108 Å². The van der Waals surface area contributed by atoms with Crippen LogP contribution >= 0.6 is 11.8 Å². The number of nitrogens with zero attached hydrogens (tertiary/aromatic N) is 2. The lowest BCUT2D eigenvalue weighted by Crippen LogP contribution is -2.28. The van der Waals surface area contributed by atoms with Gasteiger partial charge in [0.1, 0.15) is 12.4 Å². The van der Waals surface area contributed by atoms with Crippen LogP contribution in [0.25, 0.3) is 6.08 Å². The molecule has 30 heavy (non-hydrogen) atoms. The van der Waals surface area contributed by atoms with Gasteiger partial charge in [-0.1, -0.05) is 61.2 Å². The molecular formula is C25H20N2O2S. The fourth-order valence-corrected chi connectivity index (χ4v) is 3.97. The molecule has 0 radical (unpaired) electrons. The average Bonchev–Trinajstić information content (AvgIpc) is 3.08. The summed E-state index contributed by atoms with van der Waals surface area (Å²) >= 11 is 1.37. The van der Waals surface area contributed by atoms with Crippen molar-refractivity contribution in [2.45, 2.75) is 0 Å². The predicted molar refractivity (Wildman–Crippen MR) is 125 cm³/mol. The molecule has 4 nitrogen and oxygen atoms in total. The second kappa shape index (κ2) is 9.29. The third-order valence-electron chi connectivity index (χ3n) is 4.33. The summed E-state index contributed by atoms with van der Waals surface area (Å²) in [7, 11) is 0. The molecule has 148 valence electrons. The molecule has 0 unspecified atom stereocenters. The summed E-state index contributed by atoms with van der Waals surface area (Å²) in [5.41, 5.74) is 2.48. The number of para-hydroxylation sites is 2. The number of anilines is 1. The molecule has 1 aliphatic heterocycles. The van der Waals surface area contributed by atoms with Gasteiger partial charge in [-0.15, -0.1) is 0 Å². The molecule has 0 spiro atoms. The summed E-state index contributed by atoms with van der Waals surface area (Å²) < 4.78 is 5.60. The Balaban J connectivity index is 1.70. The van der Waals surface area contributed by atoms with Crippen molar-refractivity contribution in [2.75, 3.05) is 11.5 Å². The van der Waals surface area contributed by atoms with Crippen molar-refractivity contribution in [3.8, 4) is 5.75 Å². The van der Waals surface area contributed by atoms with Crippen LogP contribution in [-0.2, 0) is 4.79 Å². The molecule has 0 N–H and O–H groups in total. The van der Waals surface area contributed by atoms with Crippen LogP contribution in [-0.4, -0.2) is 17.7 Å². The number of hydrogen-bond acceptors (Lipinski definition) is 4. The number of hydrogen-bond donors (Lipinski definition) is 0. The molecule has 3 aromatic carbocycles. The number of carbonyl (C=O) groups is 1. The SMILES string of the molecule is C=CCOc1cccc(/C=C2\SC(=Nc3ccccc3)N(c3ccccc3)C2=O)c1. The zero-order valence-corrected chi connectivity index (χ0v) is 17.1. The Labute approximate surface area is 180 Å². The van der Waals surface area contributed by atoms with Crippen LogP contribution in [0.4, 0.5) is 11.4 Å². The highest BCUT2D eigenvalue weighted by Crippen LogP contribution is 2.37. The van der Waals surface area contributed by atoms with E-state index in [4.69, 9.17) is 9.73 Å². The predicted octanol–water partition coefficient (Wildman–Crippen LogP) is 6.06. The van der Waals surface area contributed by atoms with Gasteiger partial charge < -0.3 is 4.74 Å². The summed E-state index contributed by atoms with van der Waals surface area (Å²) in [6.07, 6.45) is 3.57. The summed E-state index contributed by atoms with van der Waals surface area (Å²) in [6, 6.07) is 26.9. The topological polar surface area (TPSA) is 41.9 Å². The third-order valence-corrected chi connectivity index (χ3v) is 5.29. The summed E-state index contributed by atoms with van der Waals surface area (Å²) in [5, 5.41) is 0.628. The standard InChI is InChI=1S/C25H20N2O2S/c1-2-16-29-22-15-9-10-19(17-22)18-23-24(28)27(21-13-7-4-8-14-21)25(30-23)26-20-11-5-3-6-12-20/h2-15,17-18H,1,16H2/b23-18-,26-25?. The Morgan fingerprint density at radius 1 is 0.967 bits per heavy atom. The molecular weight excluding hydrogens is 392 g/mol. The van der Waals surface area contributed by atoms with E-state index in [0.717, 1.165) is 22.7 Å². The second-order valence-corrected chi connectivity index (χ2v) is 7.50. The molecule has 0 aromatic heterocycles. The third kappa shape index (κ3) is 4.53. The molecule has 4 rings (SSSR count). The van der Waals surface area contributed by atoms with Gasteiger partial charge in [0.2, 0.25) is 0 Å². The van der Waals surface area contributed by atoms with Crippen molar-refractivity contribution in [2.24, 2.45) is 4.99 Å². The van der Waals surface area contributed by atoms with Crippen molar-refractivity contribution in [1.29, 1.82) is 0 Å². The van der Waals surface area contributed by atoms with Crippen LogP contribution < -0.4 is 9.64 Å². The lowest BCUT2D eigenvalue weighted by molar-refractivity contribution is -0.113. The maximum absolute atomic E-state index is 13.3. The number of amides is 1. The zero-order chi connectivity index (χ0) is 20.8. The van der Waals surface area contributed by atoms with Crippen molar-refractivity contribution in [3.63, 3.8) is 0 Å². The maximum Gasteiger partial charge on any atom is 0.271 e. The lowest BCUT2D eigenvalue weighted by atomic mass is 10.2. The van der Waals surface area contributed by atoms with Crippen LogP contribution in [0, 0.1) is 0 Å². The van der Waals surface area contributed by atoms with Crippen LogP contribution in [0.15, 0.2) is 107 Å². The van der Waals surface area contributed by atoms with E-state index in [9.17, 15) is 4.79 Å². The maximum atomic E-state index is 13.3. The number of carbonyl (C=O) groups excluding carboxylic acids is 1. The highest BCUT2D eigenvalue weighted by molar-refractivity contribution is 8.19. The van der Waals surface area contributed by atoms with Gasteiger partial charge >= 0.3 is 0 Å². The molecule has 5 heteroatoms. The monoisotopic (exact) mass is 412 g/mol. The first-order valence-electron chi connectivity index (χ1n) is 9.51. The van der Waals surface area contributed by atoms with E-state index in [2.05, 4.69) is 6.58 Å². The van der Waals surface area contributed by atoms with Crippen molar-refractivity contribution >= 4 is 40.3 Å². The van der Waals surface area contributed by atoms with Gasteiger partial charge in [0.25, 0.3) is 5.91 Å². The first-order valence-corrected chi connectivity index (χ1v) is 10.3. The van der Waals surface area contributed by atoms with Gasteiger partial charge in [0, 0.05) is 0 Å². The molecule has 0 aliphatic carbocycles. The fourth-order valence-electron chi connectivity index (χ4n) is 2.97. The Hall–Kier alpha value is -3.57. The smallest absolute Gasteiger partial charge is 0.271 e. The van der Waals surface area contributed by atoms with Gasteiger partial charge in [-0.2, -0.15) is 0 Å². The van der Waals surface area contributed by atoms with Gasteiger partial charge in [-0.05, 0) is 59.8 Å². The number of thioether (sulfide) groups is 1. The van der Waals surface area contributed by atoms with E-state index in [-0.39, 0.29) is 5.91 Å². The highest BCUT2D eigenvalue weighted by Gasteiger charge is 2.34. The number of benzene rings is 3. The van der Waals surface area contributed by atoms with E-state index in [1.165, 1.54) is 11.8 Å². The Bertz CT molecular complexity index is 1110. The minimum Gasteiger partial charge on any atom is -0.490 e. The summed E-state index contributed by atoms with van der Waals surface area (Å²) in [6.45, 7) is 4.10. The fraction of sp³-hybridized carbons (Fsp3) is 0.0400. The Kier molecular flexibility index (Phi) is 6.11. The largest absolute Gasteiger partial charge is 0.490 e. The van der Waals surface area contributed by atoms with Gasteiger partial charge in [-0.3, -0.25) is 9.69 Å². The van der Waals surface area contributed by atoms with Crippen LogP contribution in [0.1, 0.15) is 5.56 Å². The molecule has 1 saturated heterocycles. The van der Waals surface area contributed by atoms with E-state index >= 15 is 0 Å². The second-order valence-electron chi connectivity index (χ2n) is 6.49. The number of ether oxygens (including phenoxy) is 1. The molecule has 1 heterocycles. The first-order chi connectivity index (χ1) is 14.7. The van der Waals surface area contributed by atoms with Crippen LogP contribution in [0.2, 0.25) is 0 Å². The Morgan fingerprint density at radius 3 is 2.43 bits per heavy atom. The molecule has 0 saturated carbocycles. The number of aliphatic imine (C=N–C) groups is 1. The van der Waals surface area contributed by atoms with E-state index in [1.807, 2.05) is 91.0 Å². The molecule has 0 atom stereocenters. The highest BCUT2D eigenvalue weighted by atomic mass is 32.2. The minimum atomic E-state index is -0.0988. The van der Waals surface area contributed by atoms with E-state index < -0.39 is 0 Å². The quantitative estimate of drug-likeness (QED) is 0.365. The van der Waals surface area contributed by atoms with Crippen LogP contribution in [0.3, 0.4) is 0 Å². The van der Waals surface area contributed by atoms with Crippen molar-refractivity contribution < 1.29 is 9.53 Å². The average molecular weight is 413 g/mol. The van der Waals surface area contributed by atoms with E-state index in [1.54, 1.807) is 11.0 Å². The van der Waals surface area contributed by atoms with Crippen LogP contribution in [0.5, 0.6) is 5.75 Å². The van der Waals surface area contributed by atoms with Crippen molar-refractivity contribution in [1.82, 2.24) is 0 Å². The van der Waals surface area contributed by atoms with Gasteiger partial charge in [-0.25, -0.2) is 4.99 Å². The van der Waals surface area contributed by atoms with Gasteiger partial charge in [0.15, 0.2) is 5.17 Å². The molecule has 3 aromatic rings. The van der Waals surface area contributed by atoms with E-state index in [0.29, 0.717) is 16.7 Å². The molecule has 1 amide bonds. The zero-order valence-electron chi connectivity index (χ0n) is 16.3. The normalized spacial score (nSPS) is 16.3. The summed E-state index contributed by atoms with van der Waals surface area (Å²) in [4.78, 5) is 20.3. The minimum absolute atomic E-state index is 0.0988. The van der Waals surface area contributed by atoms with Gasteiger partial charge in [0.05, 0.1) is 16.3 Å². The molecule has 1 fully saturated rings. The number of rotatable bonds is 6. The first kappa shape index (κ1) is 19.7. The number of amidine groups is 1. The molecule has 1 aliphatic rings. The molecule has 0 bridgehead atoms. The summed E-state index contributed by atoms with van der Waals surface area (Å²) in [5.74, 6) is 0.635.